The van der Waals surface area contributed by atoms with Crippen LogP contribution in [-0.4, -0.2) is 33.9 Å². The van der Waals surface area contributed by atoms with Crippen molar-refractivity contribution in [2.45, 2.75) is 17.9 Å². The molecule has 33 heavy (non-hydrogen) atoms. The third kappa shape index (κ3) is 4.40. The number of nitrogens with two attached hydrogens (primary N) is 1. The summed E-state index contributed by atoms with van der Waals surface area (Å²) in [5, 5.41) is 0. The topological polar surface area (TPSA) is 116 Å². The van der Waals surface area contributed by atoms with E-state index in [0.29, 0.717) is 29.8 Å². The molecule has 1 amide bonds. The molecule has 1 aliphatic heterocycles. The van der Waals surface area contributed by atoms with Crippen LogP contribution < -0.4 is 14.8 Å². The minimum atomic E-state index is -3.90. The Morgan fingerprint density at radius 3 is 2.58 bits per heavy atom. The summed E-state index contributed by atoms with van der Waals surface area (Å²) in [6.07, 6.45) is 0.616. The van der Waals surface area contributed by atoms with Crippen LogP contribution in [0.3, 0.4) is 0 Å². The molecule has 0 bridgehead atoms. The third-order valence-corrected chi connectivity index (χ3v) is 7.21. The van der Waals surface area contributed by atoms with Gasteiger partial charge in [-0.3, -0.25) is 9.10 Å². The third-order valence-electron chi connectivity index (χ3n) is 5.40. The smallest absolute Gasteiger partial charge is 0.342 e. The molecule has 3 aromatic carbocycles. The molecular weight excluding hydrogens is 444 g/mol. The van der Waals surface area contributed by atoms with Crippen LogP contribution in [-0.2, 0) is 27.8 Å². The highest BCUT2D eigenvalue weighted by atomic mass is 32.2. The van der Waals surface area contributed by atoms with Gasteiger partial charge in [0, 0.05) is 12.1 Å². The molecule has 0 spiro atoms. The summed E-state index contributed by atoms with van der Waals surface area (Å²) in [7, 11) is -2.51. The molecule has 0 saturated carbocycles. The first-order valence-corrected chi connectivity index (χ1v) is 11.6. The largest absolute Gasteiger partial charge is 0.496 e. The zero-order valence-electron chi connectivity index (χ0n) is 17.9. The average Bonchev–Trinajstić information content (AvgIpc) is 3.27. The molecule has 4 rings (SSSR count). The van der Waals surface area contributed by atoms with E-state index < -0.39 is 21.9 Å². The molecule has 1 aliphatic rings. The number of ether oxygens (including phenoxy) is 2. The highest BCUT2D eigenvalue weighted by molar-refractivity contribution is 7.92. The number of rotatable bonds is 7. The minimum absolute atomic E-state index is 0.0166. The van der Waals surface area contributed by atoms with E-state index in [1.165, 1.54) is 35.7 Å². The number of methoxy groups -OCH3 is 1. The van der Waals surface area contributed by atoms with Gasteiger partial charge in [0.15, 0.2) is 0 Å². The molecule has 0 unspecified atom stereocenters. The molecule has 0 aliphatic carbocycles. The molecule has 0 atom stereocenters. The second-order valence-electron chi connectivity index (χ2n) is 7.46. The van der Waals surface area contributed by atoms with E-state index in [1.807, 2.05) is 12.1 Å². The summed E-state index contributed by atoms with van der Waals surface area (Å²) < 4.78 is 38.6. The van der Waals surface area contributed by atoms with Crippen molar-refractivity contribution < 1.29 is 27.5 Å². The molecule has 0 aromatic heterocycles. The van der Waals surface area contributed by atoms with Gasteiger partial charge in [0.05, 0.1) is 17.7 Å². The number of sulfonamides is 1. The monoisotopic (exact) mass is 466 g/mol. The summed E-state index contributed by atoms with van der Waals surface area (Å²) in [4.78, 5) is 24.1. The van der Waals surface area contributed by atoms with Crippen LogP contribution in [0.15, 0.2) is 71.6 Å². The molecule has 170 valence electrons. The van der Waals surface area contributed by atoms with Gasteiger partial charge in [-0.1, -0.05) is 30.3 Å². The number of anilines is 1. The Kier molecular flexibility index (Phi) is 6.06. The van der Waals surface area contributed by atoms with E-state index in [4.69, 9.17) is 15.2 Å². The summed E-state index contributed by atoms with van der Waals surface area (Å²) in [5.41, 5.74) is 7.71. The lowest BCUT2D eigenvalue weighted by molar-refractivity contribution is 0.0468. The van der Waals surface area contributed by atoms with Gasteiger partial charge in [-0.05, 0) is 53.9 Å². The Hall–Kier alpha value is -3.85. The first kappa shape index (κ1) is 22.3. The maximum atomic E-state index is 13.3. The standard InChI is InChI=1S/C24H22N2O6S/c1-31-22-10-9-19(33(29,30)26-12-11-17-6-2-3-8-21(17)26)14-20(22)24(28)32-15-16-5-4-7-18(13-16)23(25)27/h2-10,13-14H,11-12,15H2,1H3,(H2,25,27). The van der Waals surface area contributed by atoms with Gasteiger partial charge >= 0.3 is 5.97 Å². The number of hydrogen-bond donors (Lipinski definition) is 1. The fraction of sp³-hybridized carbons (Fsp3) is 0.167. The molecule has 9 heteroatoms. The number of benzene rings is 3. The second-order valence-corrected chi connectivity index (χ2v) is 9.32. The maximum Gasteiger partial charge on any atom is 0.342 e. The van der Waals surface area contributed by atoms with Crippen LogP contribution >= 0.6 is 0 Å². The summed E-state index contributed by atoms with van der Waals surface area (Å²) in [5.74, 6) is -1.16. The zero-order chi connectivity index (χ0) is 23.6. The number of primary amides is 1. The number of fused-ring (bicyclic) bond motifs is 1. The Labute approximate surface area is 191 Å². The number of carbonyl (C=O) groups excluding carboxylic acids is 2. The van der Waals surface area contributed by atoms with Gasteiger partial charge in [0.1, 0.15) is 17.9 Å². The van der Waals surface area contributed by atoms with Crippen LogP contribution in [0.1, 0.15) is 31.8 Å². The predicted octanol–water partition coefficient (Wildman–Crippen LogP) is 2.90. The predicted molar refractivity (Wildman–Crippen MR) is 122 cm³/mol. The number of esters is 1. The van der Waals surface area contributed by atoms with Crippen molar-refractivity contribution in [3.63, 3.8) is 0 Å². The van der Waals surface area contributed by atoms with Crippen molar-refractivity contribution in [1.29, 1.82) is 0 Å². The maximum absolute atomic E-state index is 13.3. The van der Waals surface area contributed by atoms with E-state index in [-0.39, 0.29) is 22.8 Å². The first-order chi connectivity index (χ1) is 15.8. The lowest BCUT2D eigenvalue weighted by Crippen LogP contribution is -2.29. The van der Waals surface area contributed by atoms with Gasteiger partial charge in [0.2, 0.25) is 5.91 Å². The molecule has 0 fully saturated rings. The van der Waals surface area contributed by atoms with Gasteiger partial charge < -0.3 is 15.2 Å². The normalized spacial score (nSPS) is 12.8. The van der Waals surface area contributed by atoms with E-state index in [2.05, 4.69) is 0 Å². The molecule has 3 aromatic rings. The van der Waals surface area contributed by atoms with Crippen molar-refractivity contribution >= 4 is 27.6 Å². The van der Waals surface area contributed by atoms with Crippen molar-refractivity contribution in [1.82, 2.24) is 0 Å². The number of hydrogen-bond acceptors (Lipinski definition) is 6. The lowest BCUT2D eigenvalue weighted by Gasteiger charge is -2.20. The van der Waals surface area contributed by atoms with Crippen molar-refractivity contribution in [2.75, 3.05) is 18.0 Å². The van der Waals surface area contributed by atoms with Gasteiger partial charge in [-0.2, -0.15) is 0 Å². The minimum Gasteiger partial charge on any atom is -0.496 e. The van der Waals surface area contributed by atoms with E-state index in [1.54, 1.807) is 30.3 Å². The Bertz CT molecular complexity index is 1340. The summed E-state index contributed by atoms with van der Waals surface area (Å²) in [6.45, 7) is 0.198. The fourth-order valence-electron chi connectivity index (χ4n) is 3.73. The second kappa shape index (κ2) is 8.95. The highest BCUT2D eigenvalue weighted by Gasteiger charge is 2.31. The van der Waals surface area contributed by atoms with E-state index in [0.717, 1.165) is 5.56 Å². The zero-order valence-corrected chi connectivity index (χ0v) is 18.7. The quantitative estimate of drug-likeness (QED) is 0.535. The van der Waals surface area contributed by atoms with Gasteiger partial charge in [-0.15, -0.1) is 0 Å². The van der Waals surface area contributed by atoms with Gasteiger partial charge in [0.25, 0.3) is 10.0 Å². The molecule has 1 heterocycles. The van der Waals surface area contributed by atoms with Gasteiger partial charge in [-0.25, -0.2) is 13.2 Å². The SMILES string of the molecule is COc1ccc(S(=O)(=O)N2CCc3ccccc32)cc1C(=O)OCc1cccc(C(N)=O)c1. The van der Waals surface area contributed by atoms with Crippen LogP contribution in [0, 0.1) is 0 Å². The molecule has 8 nitrogen and oxygen atoms in total. The van der Waals surface area contributed by atoms with Crippen LogP contribution in [0.4, 0.5) is 5.69 Å². The molecule has 2 N–H and O–H groups in total. The van der Waals surface area contributed by atoms with Crippen LogP contribution in [0.25, 0.3) is 0 Å². The fourth-order valence-corrected chi connectivity index (χ4v) is 5.26. The summed E-state index contributed by atoms with van der Waals surface area (Å²) >= 11 is 0. The van der Waals surface area contributed by atoms with E-state index >= 15 is 0 Å². The van der Waals surface area contributed by atoms with Crippen LogP contribution in [0.2, 0.25) is 0 Å². The summed E-state index contributed by atoms with van der Waals surface area (Å²) in [6, 6.07) is 17.8. The number of para-hydroxylation sites is 1. The average molecular weight is 467 g/mol. The van der Waals surface area contributed by atoms with Crippen molar-refractivity contribution in [3.8, 4) is 5.75 Å². The molecule has 0 saturated heterocycles. The number of amides is 1. The molecule has 0 radical (unpaired) electrons. The highest BCUT2D eigenvalue weighted by Crippen LogP contribution is 2.34. The number of carbonyl (C=O) groups is 2. The Balaban J connectivity index is 1.60. The Morgan fingerprint density at radius 1 is 1.03 bits per heavy atom. The van der Waals surface area contributed by atoms with Crippen LogP contribution in [0.5, 0.6) is 5.75 Å². The first-order valence-electron chi connectivity index (χ1n) is 10.2. The van der Waals surface area contributed by atoms with Crippen molar-refractivity contribution in [3.05, 3.63) is 89.0 Å². The lowest BCUT2D eigenvalue weighted by atomic mass is 10.1. The molecular formula is C24H22N2O6S. The number of nitrogens with zero attached hydrogens (tertiary/aromatic N) is 1. The van der Waals surface area contributed by atoms with Crippen molar-refractivity contribution in [2.24, 2.45) is 5.73 Å². The Morgan fingerprint density at radius 2 is 1.82 bits per heavy atom. The van der Waals surface area contributed by atoms with E-state index in [9.17, 15) is 18.0 Å².